The Morgan fingerprint density at radius 2 is 1.89 bits per heavy atom. The summed E-state index contributed by atoms with van der Waals surface area (Å²) in [5.74, 6) is -1.59. The summed E-state index contributed by atoms with van der Waals surface area (Å²) in [4.78, 5) is 0.113. The molecule has 5 heteroatoms. The molecule has 0 heterocycles. The minimum absolute atomic E-state index is 0.0576. The Morgan fingerprint density at radius 3 is 2.63 bits per heavy atom. The van der Waals surface area contributed by atoms with Gasteiger partial charge in [-0.3, -0.25) is 0 Å². The third-order valence-electron chi connectivity index (χ3n) is 2.48. The average molecular weight is 279 g/mol. The van der Waals surface area contributed by atoms with Gasteiger partial charge in [0.05, 0.1) is 5.56 Å². The van der Waals surface area contributed by atoms with Gasteiger partial charge in [-0.1, -0.05) is 12.1 Å². The molecule has 0 fully saturated rings. The van der Waals surface area contributed by atoms with E-state index in [1.165, 1.54) is 12.1 Å². The molecule has 0 amide bonds. The molecule has 2 aromatic carbocycles. The Balaban J connectivity index is 2.20. The molecule has 0 aliphatic rings. The standard InChI is InChI=1S/C14H8F3NS/c15-11-4-5-12(16)13(6-11)19-8-10-3-1-2-9(7-18)14(10)17/h1-6H,8H2. The Morgan fingerprint density at radius 1 is 1.11 bits per heavy atom. The van der Waals surface area contributed by atoms with Crippen LogP contribution >= 0.6 is 11.8 Å². The Hall–Kier alpha value is -1.93. The number of halogens is 3. The van der Waals surface area contributed by atoms with E-state index in [4.69, 9.17) is 5.26 Å². The van der Waals surface area contributed by atoms with E-state index >= 15 is 0 Å². The van der Waals surface area contributed by atoms with Gasteiger partial charge in [-0.25, -0.2) is 13.2 Å². The molecular formula is C14H8F3NS. The van der Waals surface area contributed by atoms with Crippen LogP contribution < -0.4 is 0 Å². The third-order valence-corrected chi connectivity index (χ3v) is 3.55. The van der Waals surface area contributed by atoms with Gasteiger partial charge >= 0.3 is 0 Å². The van der Waals surface area contributed by atoms with E-state index < -0.39 is 17.5 Å². The van der Waals surface area contributed by atoms with E-state index in [9.17, 15) is 13.2 Å². The Kier molecular flexibility index (Phi) is 4.13. The predicted molar refractivity (Wildman–Crippen MR) is 67.0 cm³/mol. The lowest BCUT2D eigenvalue weighted by Gasteiger charge is -2.05. The summed E-state index contributed by atoms with van der Waals surface area (Å²) in [7, 11) is 0. The van der Waals surface area contributed by atoms with E-state index in [-0.39, 0.29) is 21.8 Å². The predicted octanol–water partition coefficient (Wildman–Crippen LogP) is 4.27. The number of hydrogen-bond acceptors (Lipinski definition) is 2. The van der Waals surface area contributed by atoms with Crippen molar-refractivity contribution in [3.63, 3.8) is 0 Å². The van der Waals surface area contributed by atoms with Crippen molar-refractivity contribution >= 4 is 11.8 Å². The van der Waals surface area contributed by atoms with Gasteiger partial charge in [0.15, 0.2) is 0 Å². The molecule has 19 heavy (non-hydrogen) atoms. The second-order valence-corrected chi connectivity index (χ2v) is 4.77. The molecule has 0 N–H and O–H groups in total. The monoisotopic (exact) mass is 279 g/mol. The lowest BCUT2D eigenvalue weighted by molar-refractivity contribution is 0.577. The molecule has 0 spiro atoms. The van der Waals surface area contributed by atoms with Gasteiger partial charge in [0.25, 0.3) is 0 Å². The van der Waals surface area contributed by atoms with E-state index in [2.05, 4.69) is 0 Å². The summed E-state index contributed by atoms with van der Waals surface area (Å²) < 4.78 is 40.1. The van der Waals surface area contributed by atoms with Gasteiger partial charge < -0.3 is 0 Å². The number of thioether (sulfide) groups is 1. The van der Waals surface area contributed by atoms with Crippen LogP contribution in [-0.4, -0.2) is 0 Å². The van der Waals surface area contributed by atoms with Crippen LogP contribution in [0.4, 0.5) is 13.2 Å². The first-order chi connectivity index (χ1) is 9.11. The van der Waals surface area contributed by atoms with Gasteiger partial charge in [0, 0.05) is 10.6 Å². The fraction of sp³-hybridized carbons (Fsp3) is 0.0714. The summed E-state index contributed by atoms with van der Waals surface area (Å²) >= 11 is 0.983. The zero-order chi connectivity index (χ0) is 13.8. The number of benzene rings is 2. The molecular weight excluding hydrogens is 271 g/mol. The van der Waals surface area contributed by atoms with Gasteiger partial charge in [-0.2, -0.15) is 5.26 Å². The summed E-state index contributed by atoms with van der Waals surface area (Å²) in [5.41, 5.74) is 0.227. The van der Waals surface area contributed by atoms with Crippen LogP contribution in [0.2, 0.25) is 0 Å². The largest absolute Gasteiger partial charge is 0.207 e. The normalized spacial score (nSPS) is 10.2. The minimum Gasteiger partial charge on any atom is -0.207 e. The highest BCUT2D eigenvalue weighted by Crippen LogP contribution is 2.27. The quantitative estimate of drug-likeness (QED) is 0.783. The maximum atomic E-state index is 13.8. The second kappa shape index (κ2) is 5.81. The molecule has 0 saturated heterocycles. The molecule has 0 radical (unpaired) electrons. The number of rotatable bonds is 3. The Bertz CT molecular complexity index is 650. The van der Waals surface area contributed by atoms with Crippen LogP contribution in [-0.2, 0) is 5.75 Å². The fourth-order valence-electron chi connectivity index (χ4n) is 1.52. The smallest absolute Gasteiger partial charge is 0.144 e. The van der Waals surface area contributed by atoms with Gasteiger partial charge in [-0.05, 0) is 29.8 Å². The zero-order valence-corrected chi connectivity index (χ0v) is 10.5. The first kappa shape index (κ1) is 13.5. The highest BCUT2D eigenvalue weighted by Gasteiger charge is 2.10. The zero-order valence-electron chi connectivity index (χ0n) is 9.66. The van der Waals surface area contributed by atoms with Crippen molar-refractivity contribution in [2.24, 2.45) is 0 Å². The first-order valence-corrected chi connectivity index (χ1v) is 6.35. The number of hydrogen-bond donors (Lipinski definition) is 0. The van der Waals surface area contributed by atoms with Crippen molar-refractivity contribution < 1.29 is 13.2 Å². The van der Waals surface area contributed by atoms with E-state index in [1.807, 2.05) is 0 Å². The summed E-state index contributed by atoms with van der Waals surface area (Å²) in [6.07, 6.45) is 0. The molecule has 96 valence electrons. The number of nitrogens with zero attached hydrogens (tertiary/aromatic N) is 1. The second-order valence-electron chi connectivity index (χ2n) is 3.75. The lowest BCUT2D eigenvalue weighted by atomic mass is 10.1. The van der Waals surface area contributed by atoms with Crippen molar-refractivity contribution in [3.8, 4) is 6.07 Å². The molecule has 0 saturated carbocycles. The molecule has 0 aromatic heterocycles. The number of nitriles is 1. The first-order valence-electron chi connectivity index (χ1n) is 5.37. The van der Waals surface area contributed by atoms with Crippen LogP contribution in [0.15, 0.2) is 41.3 Å². The van der Waals surface area contributed by atoms with Crippen molar-refractivity contribution in [2.45, 2.75) is 10.6 Å². The van der Waals surface area contributed by atoms with Gasteiger partial charge in [0.1, 0.15) is 23.5 Å². The highest BCUT2D eigenvalue weighted by molar-refractivity contribution is 7.98. The minimum atomic E-state index is -0.616. The maximum Gasteiger partial charge on any atom is 0.144 e. The van der Waals surface area contributed by atoms with Crippen molar-refractivity contribution in [1.29, 1.82) is 5.26 Å². The van der Waals surface area contributed by atoms with Crippen molar-refractivity contribution in [1.82, 2.24) is 0 Å². The summed E-state index contributed by atoms with van der Waals surface area (Å²) in [6, 6.07) is 9.29. The topological polar surface area (TPSA) is 23.8 Å². The molecule has 0 atom stereocenters. The van der Waals surface area contributed by atoms with Crippen LogP contribution in [0.5, 0.6) is 0 Å². The van der Waals surface area contributed by atoms with E-state index in [1.54, 1.807) is 12.1 Å². The SMILES string of the molecule is N#Cc1cccc(CSc2cc(F)ccc2F)c1F. The maximum absolute atomic E-state index is 13.8. The molecule has 2 rings (SSSR count). The molecule has 1 nitrogen and oxygen atoms in total. The van der Waals surface area contributed by atoms with Crippen molar-refractivity contribution in [2.75, 3.05) is 0 Å². The van der Waals surface area contributed by atoms with E-state index in [0.29, 0.717) is 0 Å². The average Bonchev–Trinajstić information content (AvgIpc) is 2.41. The summed E-state index contributed by atoms with van der Waals surface area (Å²) in [6.45, 7) is 0. The molecule has 0 aliphatic carbocycles. The lowest BCUT2D eigenvalue weighted by Crippen LogP contribution is -1.92. The van der Waals surface area contributed by atoms with Crippen molar-refractivity contribution in [3.05, 3.63) is 65.0 Å². The van der Waals surface area contributed by atoms with Crippen LogP contribution in [0.3, 0.4) is 0 Å². The fourth-order valence-corrected chi connectivity index (χ4v) is 2.46. The van der Waals surface area contributed by atoms with Crippen LogP contribution in [0.25, 0.3) is 0 Å². The molecule has 0 aliphatic heterocycles. The van der Waals surface area contributed by atoms with Gasteiger partial charge in [-0.15, -0.1) is 11.8 Å². The molecule has 0 unspecified atom stereocenters. The van der Waals surface area contributed by atoms with Crippen LogP contribution in [0.1, 0.15) is 11.1 Å². The highest BCUT2D eigenvalue weighted by atomic mass is 32.2. The molecule has 0 bridgehead atoms. The van der Waals surface area contributed by atoms with Crippen LogP contribution in [0, 0.1) is 28.8 Å². The van der Waals surface area contributed by atoms with E-state index in [0.717, 1.165) is 30.0 Å². The summed E-state index contributed by atoms with van der Waals surface area (Å²) in [5, 5.41) is 8.70. The van der Waals surface area contributed by atoms with Gasteiger partial charge in [0.2, 0.25) is 0 Å². The molecule has 2 aromatic rings. The Labute approximate surface area is 112 Å². The third kappa shape index (κ3) is 3.09.